The molecule has 0 atom stereocenters. The Morgan fingerprint density at radius 3 is 0.833 bits per heavy atom. The van der Waals surface area contributed by atoms with Gasteiger partial charge in [0.15, 0.2) is 0 Å². The molecule has 0 aliphatic carbocycles. The monoisotopic (exact) mass is 869 g/mol. The maximum absolute atomic E-state index is 2.54. The van der Waals surface area contributed by atoms with Crippen molar-refractivity contribution in [1.29, 1.82) is 0 Å². The molecular weight excluding hydrogens is 797 g/mol. The topological polar surface area (TPSA) is 9.86 Å². The molecule has 0 aliphatic rings. The van der Waals surface area contributed by atoms with Gasteiger partial charge >= 0.3 is 0 Å². The molecule has 0 fully saturated rings. The maximum Gasteiger partial charge on any atom is 0.0614 e. The normalized spacial score (nSPS) is 11.4. The Hall–Kier alpha value is -6.12. The summed E-state index contributed by atoms with van der Waals surface area (Å²) < 4.78 is 5.08. The molecule has 0 spiro atoms. The van der Waals surface area contributed by atoms with Crippen LogP contribution in [0, 0.1) is 0 Å². The van der Waals surface area contributed by atoms with Crippen LogP contribution in [0.3, 0.4) is 0 Å². The van der Waals surface area contributed by atoms with Crippen LogP contribution in [0.1, 0.15) is 127 Å². The van der Waals surface area contributed by atoms with Crippen molar-refractivity contribution in [1.82, 2.24) is 9.13 Å². The lowest BCUT2D eigenvalue weighted by Crippen LogP contribution is -2.01. The highest BCUT2D eigenvalue weighted by Gasteiger charge is 2.27. The van der Waals surface area contributed by atoms with Crippen molar-refractivity contribution >= 4 is 0 Å². The van der Waals surface area contributed by atoms with E-state index in [1.807, 2.05) is 0 Å². The summed E-state index contributed by atoms with van der Waals surface area (Å²) in [4.78, 5) is 0. The summed E-state index contributed by atoms with van der Waals surface area (Å²) in [5, 5.41) is 0. The third kappa shape index (κ3) is 11.1. The maximum atomic E-state index is 2.54. The van der Waals surface area contributed by atoms with Gasteiger partial charge < -0.3 is 9.13 Å². The number of hydrogen-bond donors (Lipinski definition) is 0. The quantitative estimate of drug-likeness (QED) is 0.0567. The smallest absolute Gasteiger partial charge is 0.0614 e. The first-order valence-electron chi connectivity index (χ1n) is 25.6. The average molecular weight is 869 g/mol. The Morgan fingerprint density at radius 2 is 0.561 bits per heavy atom. The highest BCUT2D eigenvalue weighted by atomic mass is 15.0. The molecule has 2 heterocycles. The second kappa shape index (κ2) is 23.4. The van der Waals surface area contributed by atoms with Gasteiger partial charge in [-0.15, -0.1) is 0 Å². The predicted octanol–water partition coefficient (Wildman–Crippen LogP) is 18.5. The minimum Gasteiger partial charge on any atom is -0.309 e. The minimum absolute atomic E-state index is 1.11. The number of nitrogens with zero attached hydrogens (tertiary/aromatic N) is 2. The van der Waals surface area contributed by atoms with E-state index in [0.717, 1.165) is 37.1 Å². The van der Waals surface area contributed by atoms with Gasteiger partial charge in [0.25, 0.3) is 0 Å². The van der Waals surface area contributed by atoms with E-state index in [9.17, 15) is 0 Å². The molecule has 6 aromatic carbocycles. The Bertz CT molecular complexity index is 2490. The Balaban J connectivity index is 1.41. The van der Waals surface area contributed by atoms with Crippen LogP contribution in [0.4, 0.5) is 0 Å². The second-order valence-electron chi connectivity index (χ2n) is 18.5. The third-order valence-electron chi connectivity index (χ3n) is 13.6. The molecule has 338 valence electrons. The van der Waals surface area contributed by atoms with Gasteiger partial charge in [-0.05, 0) is 132 Å². The summed E-state index contributed by atoms with van der Waals surface area (Å²) in [6.45, 7) is 9.15. The molecule has 8 aromatic rings. The van der Waals surface area contributed by atoms with E-state index in [2.05, 4.69) is 207 Å². The van der Waals surface area contributed by atoms with E-state index in [1.165, 1.54) is 155 Å². The molecule has 0 saturated carbocycles. The van der Waals surface area contributed by atoms with Crippen molar-refractivity contribution in [3.63, 3.8) is 0 Å². The van der Waals surface area contributed by atoms with E-state index in [4.69, 9.17) is 0 Å². The molecule has 0 unspecified atom stereocenters. The van der Waals surface area contributed by atoms with Crippen molar-refractivity contribution in [2.45, 2.75) is 130 Å². The Kier molecular flexibility index (Phi) is 16.4. The average Bonchev–Trinajstić information content (AvgIpc) is 3.96. The fourth-order valence-corrected chi connectivity index (χ4v) is 9.78. The zero-order valence-electron chi connectivity index (χ0n) is 40.4. The van der Waals surface area contributed by atoms with Crippen LogP contribution in [-0.2, 0) is 25.7 Å². The zero-order chi connectivity index (χ0) is 45.5. The molecule has 0 saturated heterocycles. The van der Waals surface area contributed by atoms with Gasteiger partial charge in [-0.3, -0.25) is 0 Å². The fraction of sp³-hybridized carbons (Fsp3) is 0.312. The van der Waals surface area contributed by atoms with Crippen molar-refractivity contribution in [2.75, 3.05) is 0 Å². The molecule has 8 rings (SSSR count). The van der Waals surface area contributed by atoms with Gasteiger partial charge in [-0.1, -0.05) is 213 Å². The number of unbranched alkanes of at least 4 members (excludes halogenated alkanes) is 8. The molecule has 2 heteroatoms. The molecule has 0 N–H and O–H groups in total. The standard InChI is InChI=1S/C64H72N2/c1-5-9-15-23-49-31-39-53(40-32-49)61-47-59(63(65(61)57-27-19-13-20-28-57)55-43-35-51(36-44-55)25-17-11-7-3)60-48-62(54-41-33-50(34-42-54)24-16-10-6-2)66(58-29-21-14-22-30-58)64(60)56-45-37-52(38-46-56)26-18-12-8-4/h13-14,19-22,27-48H,5-12,15-18,23-26H2,1-4H3. The summed E-state index contributed by atoms with van der Waals surface area (Å²) in [5.41, 5.74) is 20.1. The highest BCUT2D eigenvalue weighted by Crippen LogP contribution is 2.48. The van der Waals surface area contributed by atoms with Gasteiger partial charge in [0, 0.05) is 22.5 Å². The SMILES string of the molecule is CCCCCc1ccc(-c2cc(-c3cc(-c4ccc(CCCCC)cc4)n(-c4ccccc4)c3-c3ccc(CCCCC)cc3)c(-c3ccc(CCCCC)cc3)n2-c2ccccc2)cc1. The van der Waals surface area contributed by atoms with E-state index in [-0.39, 0.29) is 0 Å². The van der Waals surface area contributed by atoms with E-state index in [0.29, 0.717) is 0 Å². The number of benzene rings is 6. The first-order chi connectivity index (χ1) is 32.6. The summed E-state index contributed by atoms with van der Waals surface area (Å²) in [6, 6.07) is 65.0. The molecule has 66 heavy (non-hydrogen) atoms. The van der Waals surface area contributed by atoms with Crippen molar-refractivity contribution in [3.05, 3.63) is 192 Å². The number of rotatable bonds is 23. The number of aromatic nitrogens is 2. The number of para-hydroxylation sites is 2. The first kappa shape index (κ1) is 46.4. The van der Waals surface area contributed by atoms with Crippen LogP contribution >= 0.6 is 0 Å². The summed E-state index contributed by atoms with van der Waals surface area (Å²) in [5.74, 6) is 0. The molecule has 0 radical (unpaired) electrons. The molecular formula is C64H72N2. The number of aryl methyl sites for hydroxylation is 4. The third-order valence-corrected chi connectivity index (χ3v) is 13.6. The highest BCUT2D eigenvalue weighted by molar-refractivity contribution is 5.97. The first-order valence-corrected chi connectivity index (χ1v) is 25.6. The molecule has 2 nitrogen and oxygen atoms in total. The van der Waals surface area contributed by atoms with Crippen molar-refractivity contribution in [2.24, 2.45) is 0 Å². The van der Waals surface area contributed by atoms with Gasteiger partial charge in [0.1, 0.15) is 0 Å². The zero-order valence-corrected chi connectivity index (χ0v) is 40.4. The lowest BCUT2D eigenvalue weighted by molar-refractivity contribution is 0.717. The predicted molar refractivity (Wildman–Crippen MR) is 285 cm³/mol. The lowest BCUT2D eigenvalue weighted by Gasteiger charge is -2.18. The van der Waals surface area contributed by atoms with Crippen LogP contribution in [0.5, 0.6) is 0 Å². The molecule has 2 aromatic heterocycles. The van der Waals surface area contributed by atoms with Crippen LogP contribution in [0.15, 0.2) is 170 Å². The largest absolute Gasteiger partial charge is 0.309 e. The van der Waals surface area contributed by atoms with E-state index >= 15 is 0 Å². The lowest BCUT2D eigenvalue weighted by atomic mass is 9.95. The van der Waals surface area contributed by atoms with Crippen molar-refractivity contribution < 1.29 is 0 Å². The summed E-state index contributed by atoms with van der Waals surface area (Å²) in [6.07, 6.45) is 19.3. The van der Waals surface area contributed by atoms with E-state index < -0.39 is 0 Å². The summed E-state index contributed by atoms with van der Waals surface area (Å²) >= 11 is 0. The van der Waals surface area contributed by atoms with Crippen LogP contribution < -0.4 is 0 Å². The van der Waals surface area contributed by atoms with Crippen LogP contribution in [-0.4, -0.2) is 9.13 Å². The van der Waals surface area contributed by atoms with Crippen molar-refractivity contribution in [3.8, 4) is 67.5 Å². The van der Waals surface area contributed by atoms with Gasteiger partial charge in [-0.25, -0.2) is 0 Å². The van der Waals surface area contributed by atoms with Crippen LogP contribution in [0.2, 0.25) is 0 Å². The van der Waals surface area contributed by atoms with E-state index in [1.54, 1.807) is 0 Å². The molecule has 0 amide bonds. The Morgan fingerprint density at radius 1 is 0.288 bits per heavy atom. The van der Waals surface area contributed by atoms with Crippen LogP contribution in [0.25, 0.3) is 67.5 Å². The Labute approximate surface area is 397 Å². The fourth-order valence-electron chi connectivity index (χ4n) is 9.78. The molecule has 0 bridgehead atoms. The second-order valence-corrected chi connectivity index (χ2v) is 18.5. The van der Waals surface area contributed by atoms with Gasteiger partial charge in [-0.2, -0.15) is 0 Å². The minimum atomic E-state index is 1.11. The summed E-state index contributed by atoms with van der Waals surface area (Å²) in [7, 11) is 0. The molecule has 0 aliphatic heterocycles. The van der Waals surface area contributed by atoms with Gasteiger partial charge in [0.05, 0.1) is 22.8 Å². The number of hydrogen-bond acceptors (Lipinski definition) is 0. The van der Waals surface area contributed by atoms with Gasteiger partial charge in [0.2, 0.25) is 0 Å².